The van der Waals surface area contributed by atoms with E-state index in [9.17, 15) is 37.0 Å². The van der Waals surface area contributed by atoms with Gasteiger partial charge in [-0.15, -0.1) is 0 Å². The zero-order chi connectivity index (χ0) is 24.1. The summed E-state index contributed by atoms with van der Waals surface area (Å²) >= 11 is 6.15. The molecule has 3 N–H and O–H groups in total. The van der Waals surface area contributed by atoms with Crippen molar-refractivity contribution in [2.24, 2.45) is 11.8 Å². The van der Waals surface area contributed by atoms with Crippen molar-refractivity contribution in [1.29, 1.82) is 0 Å². The molecule has 2 aliphatic rings. The SMILES string of the molecule is O=C(Nc1ccc(F)c(F)c1)c1ccc(Cl)c(S(=O)(=O)C2CC3CCC(C2)C3(O)C(=O)O)c1. The van der Waals surface area contributed by atoms with Crippen molar-refractivity contribution in [3.63, 3.8) is 0 Å². The normalized spacial score (nSPS) is 26.7. The van der Waals surface area contributed by atoms with E-state index < -0.39 is 56.0 Å². The van der Waals surface area contributed by atoms with Crippen LogP contribution in [-0.4, -0.2) is 41.4 Å². The molecular formula is C22H20ClF2NO6S. The molecule has 11 heteroatoms. The molecule has 33 heavy (non-hydrogen) atoms. The van der Waals surface area contributed by atoms with Gasteiger partial charge in [-0.25, -0.2) is 22.0 Å². The van der Waals surface area contributed by atoms with Gasteiger partial charge in [0.25, 0.3) is 5.91 Å². The number of aliphatic hydroxyl groups is 1. The monoisotopic (exact) mass is 499 g/mol. The number of halogens is 3. The molecule has 2 aromatic rings. The first-order chi connectivity index (χ1) is 15.4. The smallest absolute Gasteiger partial charge is 0.336 e. The highest BCUT2D eigenvalue weighted by Gasteiger charge is 2.60. The van der Waals surface area contributed by atoms with Gasteiger partial charge in [0.05, 0.1) is 15.2 Å². The number of rotatable bonds is 5. The number of sulfone groups is 1. The van der Waals surface area contributed by atoms with Crippen molar-refractivity contribution in [3.8, 4) is 0 Å². The summed E-state index contributed by atoms with van der Waals surface area (Å²) in [6.07, 6.45) is 0.736. The van der Waals surface area contributed by atoms with Crippen molar-refractivity contribution >= 4 is 39.0 Å². The van der Waals surface area contributed by atoms with E-state index in [1.54, 1.807) is 0 Å². The number of carboxylic acids is 1. The molecule has 4 rings (SSSR count). The van der Waals surface area contributed by atoms with E-state index in [1.165, 1.54) is 12.1 Å². The largest absolute Gasteiger partial charge is 0.479 e. The Morgan fingerprint density at radius 1 is 1.03 bits per heavy atom. The van der Waals surface area contributed by atoms with Gasteiger partial charge in [-0.1, -0.05) is 11.6 Å². The summed E-state index contributed by atoms with van der Waals surface area (Å²) in [5, 5.41) is 21.4. The first kappa shape index (κ1) is 23.6. The van der Waals surface area contributed by atoms with Gasteiger partial charge in [0, 0.05) is 29.2 Å². The third kappa shape index (κ3) is 4.00. The van der Waals surface area contributed by atoms with Gasteiger partial charge in [-0.2, -0.15) is 0 Å². The van der Waals surface area contributed by atoms with Crippen LogP contribution in [0.3, 0.4) is 0 Å². The number of carbonyl (C=O) groups is 2. The van der Waals surface area contributed by atoms with E-state index in [1.807, 2.05) is 0 Å². The second-order valence-electron chi connectivity index (χ2n) is 8.47. The zero-order valence-electron chi connectivity index (χ0n) is 17.1. The zero-order valence-corrected chi connectivity index (χ0v) is 18.7. The Labute approximate surface area is 193 Å². The van der Waals surface area contributed by atoms with Crippen molar-refractivity contribution in [2.45, 2.75) is 41.4 Å². The second kappa shape index (κ2) is 8.34. The van der Waals surface area contributed by atoms with Crippen molar-refractivity contribution < 1.29 is 37.0 Å². The Balaban J connectivity index is 1.60. The number of fused-ring (bicyclic) bond motifs is 2. The molecular weight excluding hydrogens is 480 g/mol. The lowest BCUT2D eigenvalue weighted by Crippen LogP contribution is -2.53. The fraction of sp³-hybridized carbons (Fsp3) is 0.364. The third-order valence-electron chi connectivity index (χ3n) is 6.66. The molecule has 1 amide bonds. The average molecular weight is 500 g/mol. The third-order valence-corrected chi connectivity index (χ3v) is 9.32. The number of nitrogens with one attached hydrogen (secondary N) is 1. The predicted molar refractivity (Wildman–Crippen MR) is 115 cm³/mol. The van der Waals surface area contributed by atoms with Gasteiger partial charge < -0.3 is 15.5 Å². The molecule has 0 heterocycles. The van der Waals surface area contributed by atoms with Gasteiger partial charge >= 0.3 is 5.97 Å². The minimum Gasteiger partial charge on any atom is -0.479 e. The Bertz CT molecular complexity index is 1240. The highest BCUT2D eigenvalue weighted by atomic mass is 35.5. The van der Waals surface area contributed by atoms with Crippen LogP contribution < -0.4 is 5.32 Å². The van der Waals surface area contributed by atoms with Crippen LogP contribution in [0.15, 0.2) is 41.3 Å². The molecule has 2 unspecified atom stereocenters. The highest BCUT2D eigenvalue weighted by Crippen LogP contribution is 2.52. The van der Waals surface area contributed by atoms with Crippen molar-refractivity contribution in [3.05, 3.63) is 58.6 Å². The maximum atomic E-state index is 13.4. The molecule has 0 aliphatic heterocycles. The molecule has 2 aromatic carbocycles. The Morgan fingerprint density at radius 3 is 2.24 bits per heavy atom. The first-order valence-corrected chi connectivity index (χ1v) is 12.1. The van der Waals surface area contributed by atoms with Crippen LogP contribution in [0.25, 0.3) is 0 Å². The molecule has 2 bridgehead atoms. The lowest BCUT2D eigenvalue weighted by Gasteiger charge is -2.39. The average Bonchev–Trinajstić information content (AvgIpc) is 2.93. The van der Waals surface area contributed by atoms with Crippen molar-refractivity contribution in [2.75, 3.05) is 5.32 Å². The molecule has 0 aromatic heterocycles. The Morgan fingerprint density at radius 2 is 1.67 bits per heavy atom. The number of amides is 1. The first-order valence-electron chi connectivity index (χ1n) is 10.2. The number of aliphatic carboxylic acids is 1. The number of anilines is 1. The van der Waals surface area contributed by atoms with E-state index in [0.717, 1.165) is 24.3 Å². The van der Waals surface area contributed by atoms with Crippen LogP contribution >= 0.6 is 11.6 Å². The Kier molecular flexibility index (Phi) is 5.96. The van der Waals surface area contributed by atoms with Crippen LogP contribution in [-0.2, 0) is 14.6 Å². The molecule has 2 aliphatic carbocycles. The summed E-state index contributed by atoms with van der Waals surface area (Å²) < 4.78 is 53.3. The molecule has 0 radical (unpaired) electrons. The van der Waals surface area contributed by atoms with E-state index >= 15 is 0 Å². The molecule has 0 saturated heterocycles. The topological polar surface area (TPSA) is 121 Å². The van der Waals surface area contributed by atoms with E-state index in [2.05, 4.69) is 5.32 Å². The lowest BCUT2D eigenvalue weighted by molar-refractivity contribution is -0.171. The lowest BCUT2D eigenvalue weighted by atomic mass is 9.74. The summed E-state index contributed by atoms with van der Waals surface area (Å²) in [6, 6.07) is 6.45. The summed E-state index contributed by atoms with van der Waals surface area (Å²) in [5.41, 5.74) is -2.03. The quantitative estimate of drug-likeness (QED) is 0.577. The van der Waals surface area contributed by atoms with Crippen LogP contribution in [0.1, 0.15) is 36.0 Å². The fourth-order valence-electron chi connectivity index (χ4n) is 4.92. The number of carbonyl (C=O) groups excluding carboxylic acids is 1. The van der Waals surface area contributed by atoms with Crippen LogP contribution in [0, 0.1) is 23.5 Å². The summed E-state index contributed by atoms with van der Waals surface area (Å²) in [6.45, 7) is 0. The van der Waals surface area contributed by atoms with Crippen LogP contribution in [0.2, 0.25) is 5.02 Å². The van der Waals surface area contributed by atoms with Gasteiger partial charge in [-0.05, 0) is 56.0 Å². The maximum absolute atomic E-state index is 13.4. The van der Waals surface area contributed by atoms with Crippen LogP contribution in [0.4, 0.5) is 14.5 Å². The van der Waals surface area contributed by atoms with Gasteiger partial charge in [0.15, 0.2) is 27.1 Å². The fourth-order valence-corrected chi connectivity index (χ4v) is 7.33. The number of benzene rings is 2. The summed E-state index contributed by atoms with van der Waals surface area (Å²) in [7, 11) is -4.06. The molecule has 2 atom stereocenters. The molecule has 7 nitrogen and oxygen atoms in total. The second-order valence-corrected chi connectivity index (χ2v) is 11.1. The number of carboxylic acid groups (broad SMARTS) is 1. The Hall–Kier alpha value is -2.56. The maximum Gasteiger partial charge on any atom is 0.336 e. The molecule has 176 valence electrons. The minimum absolute atomic E-state index is 0.0185. The predicted octanol–water partition coefficient (Wildman–Crippen LogP) is 3.65. The summed E-state index contributed by atoms with van der Waals surface area (Å²) in [4.78, 5) is 23.9. The minimum atomic E-state index is -4.06. The molecule has 2 fully saturated rings. The molecule has 2 saturated carbocycles. The van der Waals surface area contributed by atoms with E-state index in [4.69, 9.17) is 11.6 Å². The molecule has 0 spiro atoms. The highest BCUT2D eigenvalue weighted by molar-refractivity contribution is 7.92. The van der Waals surface area contributed by atoms with Gasteiger partial charge in [0.2, 0.25) is 0 Å². The van der Waals surface area contributed by atoms with Crippen molar-refractivity contribution in [1.82, 2.24) is 0 Å². The standard InChI is InChI=1S/C22H20ClF2NO6S/c23-16-5-1-11(20(27)26-14-4-6-17(24)18(25)10-14)7-19(16)33(31,32)15-8-12-2-3-13(9-15)22(12,30)21(28)29/h1,4-7,10,12-13,15,30H,2-3,8-9H2,(H,26,27)(H,28,29). The van der Waals surface area contributed by atoms with E-state index in [-0.39, 0.29) is 34.0 Å². The summed E-state index contributed by atoms with van der Waals surface area (Å²) in [5.74, 6) is -5.73. The van der Waals surface area contributed by atoms with E-state index in [0.29, 0.717) is 12.8 Å². The van der Waals surface area contributed by atoms with Gasteiger partial charge in [-0.3, -0.25) is 4.79 Å². The number of hydrogen-bond donors (Lipinski definition) is 3. The van der Waals surface area contributed by atoms with Gasteiger partial charge in [0.1, 0.15) is 0 Å². The number of hydrogen-bond acceptors (Lipinski definition) is 5. The van der Waals surface area contributed by atoms with Crippen LogP contribution in [0.5, 0.6) is 0 Å².